The smallest absolute Gasteiger partial charge is 0.218 e. The molecule has 0 atom stereocenters. The first-order valence-corrected chi connectivity index (χ1v) is 9.06. The third-order valence-electron chi connectivity index (χ3n) is 3.77. The largest absolute Gasteiger partial charge is 0.493 e. The van der Waals surface area contributed by atoms with E-state index in [1.54, 1.807) is 27.5 Å². The highest BCUT2D eigenvalue weighted by Gasteiger charge is 2.09. The van der Waals surface area contributed by atoms with Crippen molar-refractivity contribution in [3.63, 3.8) is 0 Å². The van der Waals surface area contributed by atoms with E-state index in [9.17, 15) is 0 Å². The molecule has 0 bridgehead atoms. The van der Waals surface area contributed by atoms with Crippen molar-refractivity contribution < 1.29 is 18.9 Å². The maximum atomic E-state index is 5.66. The Morgan fingerprint density at radius 3 is 2.62 bits per heavy atom. The molecule has 2 rings (SSSR count). The molecule has 160 valence electrons. The summed E-state index contributed by atoms with van der Waals surface area (Å²) in [7, 11) is 4.96. The number of rotatable bonds is 10. The summed E-state index contributed by atoms with van der Waals surface area (Å²) >= 11 is 0. The number of nitrogens with one attached hydrogen (secondary N) is 2. The lowest BCUT2D eigenvalue weighted by molar-refractivity contribution is 0.143. The van der Waals surface area contributed by atoms with Gasteiger partial charge >= 0.3 is 0 Å². The lowest BCUT2D eigenvalue weighted by atomic mass is 10.2. The van der Waals surface area contributed by atoms with Crippen molar-refractivity contribution in [3.05, 3.63) is 42.1 Å². The Kier molecular flexibility index (Phi) is 11.8. The van der Waals surface area contributed by atoms with E-state index in [4.69, 9.17) is 18.9 Å². The molecule has 0 aliphatic carbocycles. The molecule has 0 saturated heterocycles. The maximum Gasteiger partial charge on any atom is 0.218 e. The highest BCUT2D eigenvalue weighted by atomic mass is 127. The van der Waals surface area contributed by atoms with Gasteiger partial charge in [0.05, 0.1) is 20.3 Å². The summed E-state index contributed by atoms with van der Waals surface area (Å²) in [6.07, 6.45) is 1.70. The standard InChI is InChI=1S/C20H28N4O4.HI/c1-5-27-17-9-8-16(13-18(17)26-4)24-20(21-2)23-14-15-7-6-10-22-19(15)28-12-11-25-3;/h6-10,13H,5,11-12,14H2,1-4H3,(H2,21,23,24);1H. The van der Waals surface area contributed by atoms with E-state index < -0.39 is 0 Å². The predicted molar refractivity (Wildman–Crippen MR) is 125 cm³/mol. The fourth-order valence-corrected chi connectivity index (χ4v) is 2.43. The number of hydrogen-bond acceptors (Lipinski definition) is 6. The number of nitrogens with zero attached hydrogens (tertiary/aromatic N) is 2. The third kappa shape index (κ3) is 7.94. The Labute approximate surface area is 189 Å². The molecule has 1 aromatic heterocycles. The minimum atomic E-state index is 0. The molecular weight excluding hydrogens is 487 g/mol. The van der Waals surface area contributed by atoms with Gasteiger partial charge in [0.15, 0.2) is 17.5 Å². The molecule has 0 saturated carbocycles. The van der Waals surface area contributed by atoms with Crippen LogP contribution in [0.1, 0.15) is 12.5 Å². The second kappa shape index (κ2) is 13.8. The quantitative estimate of drug-likeness (QED) is 0.217. The summed E-state index contributed by atoms with van der Waals surface area (Å²) in [4.78, 5) is 8.54. The Hall–Kier alpha value is -2.27. The number of aliphatic imine (C=N–C) groups is 1. The Bertz CT molecular complexity index is 774. The lowest BCUT2D eigenvalue weighted by Gasteiger charge is -2.15. The molecule has 0 spiro atoms. The molecule has 0 aliphatic rings. The first kappa shape index (κ1) is 24.8. The molecule has 2 N–H and O–H groups in total. The fraction of sp³-hybridized carbons (Fsp3) is 0.400. The Morgan fingerprint density at radius 1 is 1.10 bits per heavy atom. The van der Waals surface area contributed by atoms with Crippen LogP contribution in [-0.2, 0) is 11.3 Å². The molecule has 1 aromatic carbocycles. The summed E-state index contributed by atoms with van der Waals surface area (Å²) < 4.78 is 21.6. The van der Waals surface area contributed by atoms with Crippen LogP contribution >= 0.6 is 24.0 Å². The van der Waals surface area contributed by atoms with Crippen molar-refractivity contribution in [3.8, 4) is 17.4 Å². The average Bonchev–Trinajstić information content (AvgIpc) is 2.73. The van der Waals surface area contributed by atoms with Crippen LogP contribution in [0.3, 0.4) is 0 Å². The number of pyridine rings is 1. The minimum Gasteiger partial charge on any atom is -0.493 e. The predicted octanol–water partition coefficient (Wildman–Crippen LogP) is 3.32. The van der Waals surface area contributed by atoms with Gasteiger partial charge in [-0.2, -0.15) is 0 Å². The SMILES string of the molecule is CCOc1ccc(NC(=NC)NCc2cccnc2OCCOC)cc1OC.I. The molecule has 0 amide bonds. The number of anilines is 1. The van der Waals surface area contributed by atoms with Gasteiger partial charge in [0.2, 0.25) is 5.88 Å². The minimum absolute atomic E-state index is 0. The summed E-state index contributed by atoms with van der Waals surface area (Å²) in [5.74, 6) is 2.54. The van der Waals surface area contributed by atoms with E-state index in [0.717, 1.165) is 11.3 Å². The Balaban J connectivity index is 0.00000420. The van der Waals surface area contributed by atoms with Crippen molar-refractivity contribution >= 4 is 35.6 Å². The van der Waals surface area contributed by atoms with Crippen molar-refractivity contribution in [2.24, 2.45) is 4.99 Å². The number of halogens is 1. The molecule has 0 radical (unpaired) electrons. The van der Waals surface area contributed by atoms with Crippen molar-refractivity contribution in [1.29, 1.82) is 0 Å². The van der Waals surface area contributed by atoms with Gasteiger partial charge in [0.25, 0.3) is 0 Å². The van der Waals surface area contributed by atoms with E-state index in [2.05, 4.69) is 20.6 Å². The van der Waals surface area contributed by atoms with Crippen LogP contribution in [-0.4, -0.2) is 52.0 Å². The van der Waals surface area contributed by atoms with Gasteiger partial charge in [0.1, 0.15) is 6.61 Å². The molecule has 0 fully saturated rings. The van der Waals surface area contributed by atoms with Crippen LogP contribution in [0.4, 0.5) is 5.69 Å². The molecule has 9 heteroatoms. The lowest BCUT2D eigenvalue weighted by Crippen LogP contribution is -2.30. The van der Waals surface area contributed by atoms with Crippen molar-refractivity contribution in [2.75, 3.05) is 46.4 Å². The summed E-state index contributed by atoms with van der Waals surface area (Å²) in [6, 6.07) is 9.45. The van der Waals surface area contributed by atoms with Crippen molar-refractivity contribution in [1.82, 2.24) is 10.3 Å². The van der Waals surface area contributed by atoms with Crippen LogP contribution in [0.15, 0.2) is 41.5 Å². The van der Waals surface area contributed by atoms with Gasteiger partial charge < -0.3 is 29.6 Å². The first-order valence-electron chi connectivity index (χ1n) is 9.06. The number of hydrogen-bond donors (Lipinski definition) is 2. The molecule has 2 aromatic rings. The van der Waals surface area contributed by atoms with Crippen LogP contribution < -0.4 is 24.8 Å². The summed E-state index contributed by atoms with van der Waals surface area (Å²) in [5.41, 5.74) is 1.75. The number of methoxy groups -OCH3 is 2. The van der Waals surface area contributed by atoms with E-state index in [-0.39, 0.29) is 24.0 Å². The van der Waals surface area contributed by atoms with Crippen LogP contribution in [0.2, 0.25) is 0 Å². The highest BCUT2D eigenvalue weighted by molar-refractivity contribution is 14.0. The van der Waals surface area contributed by atoms with E-state index in [1.807, 2.05) is 37.3 Å². The van der Waals surface area contributed by atoms with E-state index in [1.165, 1.54) is 0 Å². The van der Waals surface area contributed by atoms with Crippen molar-refractivity contribution in [2.45, 2.75) is 13.5 Å². The van der Waals surface area contributed by atoms with Gasteiger partial charge in [-0.1, -0.05) is 6.07 Å². The Morgan fingerprint density at radius 2 is 1.93 bits per heavy atom. The number of guanidine groups is 1. The van der Waals surface area contributed by atoms with Gasteiger partial charge in [-0.05, 0) is 25.1 Å². The number of aromatic nitrogens is 1. The zero-order chi connectivity index (χ0) is 20.2. The summed E-state index contributed by atoms with van der Waals surface area (Å²) in [5, 5.41) is 6.49. The van der Waals surface area contributed by atoms with E-state index in [0.29, 0.717) is 49.7 Å². The molecule has 29 heavy (non-hydrogen) atoms. The third-order valence-corrected chi connectivity index (χ3v) is 3.77. The monoisotopic (exact) mass is 516 g/mol. The van der Waals surface area contributed by atoms with Crippen LogP contribution in [0, 0.1) is 0 Å². The number of ether oxygens (including phenoxy) is 4. The maximum absolute atomic E-state index is 5.66. The highest BCUT2D eigenvalue weighted by Crippen LogP contribution is 2.30. The second-order valence-electron chi connectivity index (χ2n) is 5.66. The zero-order valence-corrected chi connectivity index (χ0v) is 19.6. The normalized spacial score (nSPS) is 10.7. The van der Waals surface area contributed by atoms with E-state index >= 15 is 0 Å². The molecule has 1 heterocycles. The molecule has 0 unspecified atom stereocenters. The first-order chi connectivity index (χ1) is 13.7. The van der Waals surface area contributed by atoms with Gasteiger partial charge in [0, 0.05) is 44.2 Å². The zero-order valence-electron chi connectivity index (χ0n) is 17.2. The topological polar surface area (TPSA) is 86.2 Å². The second-order valence-corrected chi connectivity index (χ2v) is 5.66. The molecule has 8 nitrogen and oxygen atoms in total. The molecular formula is C20H29IN4O4. The average molecular weight is 516 g/mol. The van der Waals surface area contributed by atoms with Crippen LogP contribution in [0.25, 0.3) is 0 Å². The van der Waals surface area contributed by atoms with Gasteiger partial charge in [-0.3, -0.25) is 4.99 Å². The fourth-order valence-electron chi connectivity index (χ4n) is 2.43. The van der Waals surface area contributed by atoms with Gasteiger partial charge in [-0.25, -0.2) is 4.98 Å². The van der Waals surface area contributed by atoms with Crippen LogP contribution in [0.5, 0.6) is 17.4 Å². The summed E-state index contributed by atoms with van der Waals surface area (Å²) in [6.45, 7) is 3.96. The van der Waals surface area contributed by atoms with Gasteiger partial charge in [-0.15, -0.1) is 24.0 Å². The number of benzene rings is 1. The molecule has 0 aliphatic heterocycles.